The van der Waals surface area contributed by atoms with Gasteiger partial charge in [0, 0.05) is 29.3 Å². The lowest BCUT2D eigenvalue weighted by molar-refractivity contribution is 0.194. The van der Waals surface area contributed by atoms with Gasteiger partial charge >= 0.3 is 6.03 Å². The predicted molar refractivity (Wildman–Crippen MR) is 113 cm³/mol. The summed E-state index contributed by atoms with van der Waals surface area (Å²) in [7, 11) is 0. The number of hydrogen-bond acceptors (Lipinski definition) is 2. The number of halogens is 2. The highest BCUT2D eigenvalue weighted by atomic mass is 35.5. The third-order valence-corrected chi connectivity index (χ3v) is 4.91. The van der Waals surface area contributed by atoms with Crippen LogP contribution in [0, 0.1) is 0 Å². The summed E-state index contributed by atoms with van der Waals surface area (Å²) in [5.41, 5.74) is 2.84. The van der Waals surface area contributed by atoms with Crippen molar-refractivity contribution in [3.05, 3.63) is 99.8 Å². The predicted octanol–water partition coefficient (Wildman–Crippen LogP) is 5.34. The molecule has 6 heteroatoms. The van der Waals surface area contributed by atoms with Gasteiger partial charge in [0.05, 0.1) is 12.2 Å². The monoisotopic (exact) mass is 413 g/mol. The number of rotatable bonds is 7. The Bertz CT molecular complexity index is 904. The molecule has 0 aliphatic heterocycles. The van der Waals surface area contributed by atoms with Crippen LogP contribution < -0.4 is 5.32 Å². The maximum Gasteiger partial charge on any atom is 0.318 e. The van der Waals surface area contributed by atoms with Gasteiger partial charge < -0.3 is 10.2 Å². The molecule has 0 atom stereocenters. The first kappa shape index (κ1) is 20.2. The summed E-state index contributed by atoms with van der Waals surface area (Å²) in [4.78, 5) is 18.9. The van der Waals surface area contributed by atoms with Crippen LogP contribution in [0.3, 0.4) is 0 Å². The number of nitrogens with zero attached hydrogens (tertiary/aromatic N) is 2. The zero-order chi connectivity index (χ0) is 19.8. The molecule has 2 aromatic carbocycles. The summed E-state index contributed by atoms with van der Waals surface area (Å²) in [6.07, 6.45) is 2.35. The number of amides is 2. The van der Waals surface area contributed by atoms with Crippen LogP contribution in [0.5, 0.6) is 0 Å². The molecule has 0 bridgehead atoms. The van der Waals surface area contributed by atoms with E-state index in [1.165, 1.54) is 0 Å². The topological polar surface area (TPSA) is 45.2 Å². The molecule has 1 aromatic heterocycles. The van der Waals surface area contributed by atoms with Crippen molar-refractivity contribution in [1.29, 1.82) is 0 Å². The molecule has 1 heterocycles. The van der Waals surface area contributed by atoms with E-state index in [0.29, 0.717) is 36.1 Å². The lowest BCUT2D eigenvalue weighted by Crippen LogP contribution is -2.40. The van der Waals surface area contributed by atoms with Crippen LogP contribution in [-0.2, 0) is 19.5 Å². The first-order valence-corrected chi connectivity index (χ1v) is 9.78. The molecular weight excluding hydrogens is 393 g/mol. The van der Waals surface area contributed by atoms with E-state index in [1.54, 1.807) is 23.2 Å². The molecular formula is C22H21Cl2N3O. The van der Waals surface area contributed by atoms with Crippen LogP contribution in [0.25, 0.3) is 0 Å². The van der Waals surface area contributed by atoms with Crippen molar-refractivity contribution in [3.8, 4) is 0 Å². The Balaban J connectivity index is 1.67. The molecule has 0 saturated carbocycles. The first-order chi connectivity index (χ1) is 13.6. The Morgan fingerprint density at radius 1 is 1.00 bits per heavy atom. The maximum absolute atomic E-state index is 12.8. The summed E-state index contributed by atoms with van der Waals surface area (Å²) >= 11 is 12.2. The number of carbonyl (C=O) groups excluding carboxylic acids is 1. The fourth-order valence-corrected chi connectivity index (χ4v) is 3.31. The van der Waals surface area contributed by atoms with Gasteiger partial charge in [-0.3, -0.25) is 4.98 Å². The normalized spacial score (nSPS) is 10.5. The number of hydrogen-bond donors (Lipinski definition) is 1. The molecule has 0 aliphatic carbocycles. The van der Waals surface area contributed by atoms with Crippen LogP contribution in [0.2, 0.25) is 10.0 Å². The van der Waals surface area contributed by atoms with Crippen LogP contribution >= 0.6 is 23.2 Å². The minimum Gasteiger partial charge on any atom is -0.334 e. The number of carbonyl (C=O) groups is 1. The highest BCUT2D eigenvalue weighted by Gasteiger charge is 2.15. The van der Waals surface area contributed by atoms with E-state index in [4.69, 9.17) is 23.2 Å². The van der Waals surface area contributed by atoms with Crippen molar-refractivity contribution in [1.82, 2.24) is 15.2 Å². The third kappa shape index (κ3) is 5.98. The van der Waals surface area contributed by atoms with Crippen molar-refractivity contribution < 1.29 is 4.79 Å². The maximum atomic E-state index is 12.8. The van der Waals surface area contributed by atoms with Gasteiger partial charge in [-0.1, -0.05) is 65.7 Å². The Morgan fingerprint density at radius 3 is 2.50 bits per heavy atom. The van der Waals surface area contributed by atoms with Crippen molar-refractivity contribution in [3.63, 3.8) is 0 Å². The van der Waals surface area contributed by atoms with Crippen molar-refractivity contribution in [2.75, 3.05) is 6.54 Å². The zero-order valence-corrected chi connectivity index (χ0v) is 16.8. The SMILES string of the molecule is O=C(NCc1ccccc1)N(CCc1ccc(Cl)cc1Cl)Cc1ccccn1. The fourth-order valence-electron chi connectivity index (χ4n) is 2.80. The van der Waals surface area contributed by atoms with Gasteiger partial charge in [0.1, 0.15) is 0 Å². The quantitative estimate of drug-likeness (QED) is 0.567. The van der Waals surface area contributed by atoms with Gasteiger partial charge in [-0.05, 0) is 41.8 Å². The summed E-state index contributed by atoms with van der Waals surface area (Å²) in [5, 5.41) is 4.19. The first-order valence-electron chi connectivity index (χ1n) is 9.02. The van der Waals surface area contributed by atoms with Gasteiger partial charge in [-0.15, -0.1) is 0 Å². The van der Waals surface area contributed by atoms with E-state index >= 15 is 0 Å². The number of benzene rings is 2. The van der Waals surface area contributed by atoms with E-state index in [-0.39, 0.29) is 6.03 Å². The van der Waals surface area contributed by atoms with Crippen molar-refractivity contribution in [2.45, 2.75) is 19.5 Å². The van der Waals surface area contributed by atoms with Crippen LogP contribution in [0.4, 0.5) is 4.79 Å². The van der Waals surface area contributed by atoms with Crippen molar-refractivity contribution >= 4 is 29.2 Å². The second kappa shape index (κ2) is 10.1. The highest BCUT2D eigenvalue weighted by Crippen LogP contribution is 2.21. The zero-order valence-electron chi connectivity index (χ0n) is 15.3. The average Bonchev–Trinajstić information content (AvgIpc) is 2.72. The summed E-state index contributed by atoms with van der Waals surface area (Å²) in [6, 6.07) is 20.8. The Kier molecular flexibility index (Phi) is 7.29. The molecule has 2 amide bonds. The van der Waals surface area contributed by atoms with E-state index in [2.05, 4.69) is 10.3 Å². The lowest BCUT2D eigenvalue weighted by Gasteiger charge is -2.23. The van der Waals surface area contributed by atoms with E-state index < -0.39 is 0 Å². The molecule has 0 fully saturated rings. The molecule has 0 aliphatic rings. The van der Waals surface area contributed by atoms with E-state index in [9.17, 15) is 4.79 Å². The number of urea groups is 1. The number of nitrogens with one attached hydrogen (secondary N) is 1. The summed E-state index contributed by atoms with van der Waals surface area (Å²) < 4.78 is 0. The molecule has 28 heavy (non-hydrogen) atoms. The standard InChI is InChI=1S/C22H21Cl2N3O/c23-19-10-9-18(21(24)14-19)11-13-27(16-20-8-4-5-12-25-20)22(28)26-15-17-6-2-1-3-7-17/h1-10,12,14H,11,13,15-16H2,(H,26,28). The minimum atomic E-state index is -0.139. The van der Waals surface area contributed by atoms with Gasteiger partial charge in [0.25, 0.3) is 0 Å². The number of aromatic nitrogens is 1. The second-order valence-corrected chi connectivity index (χ2v) is 7.22. The molecule has 0 spiro atoms. The molecule has 0 saturated heterocycles. The highest BCUT2D eigenvalue weighted by molar-refractivity contribution is 6.35. The largest absolute Gasteiger partial charge is 0.334 e. The van der Waals surface area contributed by atoms with Crippen LogP contribution in [0.15, 0.2) is 72.9 Å². The summed E-state index contributed by atoms with van der Waals surface area (Å²) in [6.45, 7) is 1.41. The average molecular weight is 414 g/mol. The molecule has 0 unspecified atom stereocenters. The molecule has 1 N–H and O–H groups in total. The molecule has 3 rings (SSSR count). The minimum absolute atomic E-state index is 0.139. The molecule has 3 aromatic rings. The van der Waals surface area contributed by atoms with Gasteiger partial charge in [0.15, 0.2) is 0 Å². The molecule has 4 nitrogen and oxygen atoms in total. The lowest BCUT2D eigenvalue weighted by atomic mass is 10.1. The van der Waals surface area contributed by atoms with Crippen LogP contribution in [0.1, 0.15) is 16.8 Å². The van der Waals surface area contributed by atoms with Gasteiger partial charge in [-0.2, -0.15) is 0 Å². The van der Waals surface area contributed by atoms with Gasteiger partial charge in [-0.25, -0.2) is 4.79 Å². The van der Waals surface area contributed by atoms with Crippen molar-refractivity contribution in [2.24, 2.45) is 0 Å². The van der Waals surface area contributed by atoms with Gasteiger partial charge in [0.2, 0.25) is 0 Å². The Morgan fingerprint density at radius 2 is 1.79 bits per heavy atom. The molecule has 144 valence electrons. The van der Waals surface area contributed by atoms with E-state index in [0.717, 1.165) is 16.8 Å². The molecule has 0 radical (unpaired) electrons. The second-order valence-electron chi connectivity index (χ2n) is 6.37. The third-order valence-electron chi connectivity index (χ3n) is 4.32. The smallest absolute Gasteiger partial charge is 0.318 e. The Labute approximate surface area is 175 Å². The van der Waals surface area contributed by atoms with E-state index in [1.807, 2.05) is 54.6 Å². The fraction of sp³-hybridized carbons (Fsp3) is 0.182. The number of pyridine rings is 1. The van der Waals surface area contributed by atoms with Crippen LogP contribution in [-0.4, -0.2) is 22.5 Å². The Hall–Kier alpha value is -2.56. The summed E-state index contributed by atoms with van der Waals surface area (Å²) in [5.74, 6) is 0.